The van der Waals surface area contributed by atoms with Crippen molar-refractivity contribution < 1.29 is 24.0 Å². The molecule has 8 nitrogen and oxygen atoms in total. The van der Waals surface area contributed by atoms with Crippen LogP contribution in [0.25, 0.3) is 6.08 Å². The summed E-state index contributed by atoms with van der Waals surface area (Å²) < 4.78 is 10.7. The molecule has 0 saturated heterocycles. The fourth-order valence-corrected chi connectivity index (χ4v) is 2.29. The van der Waals surface area contributed by atoms with Crippen LogP contribution in [0.3, 0.4) is 0 Å². The van der Waals surface area contributed by atoms with Gasteiger partial charge in [-0.3, -0.25) is 19.7 Å². The lowest BCUT2D eigenvalue weighted by Gasteiger charge is -2.04. The van der Waals surface area contributed by atoms with Crippen LogP contribution in [0.5, 0.6) is 11.5 Å². The van der Waals surface area contributed by atoms with Crippen molar-refractivity contribution in [3.05, 3.63) is 69.5 Å². The molecule has 8 heteroatoms. The van der Waals surface area contributed by atoms with Gasteiger partial charge in [0.05, 0.1) is 10.5 Å². The van der Waals surface area contributed by atoms with Crippen LogP contribution in [-0.4, -0.2) is 23.2 Å². The maximum atomic E-state index is 12.4. The van der Waals surface area contributed by atoms with Crippen molar-refractivity contribution in [1.29, 1.82) is 0 Å². The van der Waals surface area contributed by atoms with Gasteiger partial charge in [0.25, 0.3) is 11.6 Å². The molecule has 0 aromatic heterocycles. The first-order valence-electron chi connectivity index (χ1n) is 7.18. The van der Waals surface area contributed by atoms with E-state index in [-0.39, 0.29) is 29.6 Å². The molecule has 0 unspecified atom stereocenters. The Kier molecular flexibility index (Phi) is 4.17. The van der Waals surface area contributed by atoms with Crippen LogP contribution in [0, 0.1) is 10.1 Å². The summed E-state index contributed by atoms with van der Waals surface area (Å²) in [6.45, 7) is -0.289. The van der Waals surface area contributed by atoms with E-state index >= 15 is 0 Å². The van der Waals surface area contributed by atoms with Crippen LogP contribution in [0.15, 0.2) is 48.2 Å². The maximum absolute atomic E-state index is 12.4. The van der Waals surface area contributed by atoms with E-state index in [0.29, 0.717) is 16.9 Å². The van der Waals surface area contributed by atoms with Gasteiger partial charge >= 0.3 is 0 Å². The molecule has 0 saturated carbocycles. The lowest BCUT2D eigenvalue weighted by atomic mass is 10.1. The quantitative estimate of drug-likeness (QED) is 0.505. The molecule has 2 aromatic carbocycles. The number of fused-ring (bicyclic) bond motifs is 1. The topological polar surface area (TPSA) is 122 Å². The molecule has 0 aliphatic carbocycles. The van der Waals surface area contributed by atoms with Crippen LogP contribution in [-0.2, 0) is 4.79 Å². The summed E-state index contributed by atoms with van der Waals surface area (Å²) in [7, 11) is 0. The largest absolute Gasteiger partial charge is 0.484 e. The van der Waals surface area contributed by atoms with Crippen LogP contribution >= 0.6 is 0 Å². The lowest BCUT2D eigenvalue weighted by Crippen LogP contribution is -2.19. The number of ketones is 1. The zero-order valence-electron chi connectivity index (χ0n) is 12.8. The summed E-state index contributed by atoms with van der Waals surface area (Å²) in [5.41, 5.74) is 5.73. The van der Waals surface area contributed by atoms with Crippen LogP contribution in [0.2, 0.25) is 0 Å². The van der Waals surface area contributed by atoms with Gasteiger partial charge in [-0.15, -0.1) is 0 Å². The van der Waals surface area contributed by atoms with E-state index in [9.17, 15) is 19.7 Å². The fraction of sp³-hybridized carbons (Fsp3) is 0.0588. The number of benzene rings is 2. The number of hydrogen-bond donors (Lipinski definition) is 1. The number of amides is 1. The summed E-state index contributed by atoms with van der Waals surface area (Å²) >= 11 is 0. The van der Waals surface area contributed by atoms with E-state index in [0.717, 1.165) is 0 Å². The van der Waals surface area contributed by atoms with Gasteiger partial charge in [-0.25, -0.2) is 0 Å². The Morgan fingerprint density at radius 1 is 1.28 bits per heavy atom. The number of nitrogens with two attached hydrogens (primary N) is 1. The second-order valence-electron chi connectivity index (χ2n) is 5.20. The minimum atomic E-state index is -0.622. The minimum Gasteiger partial charge on any atom is -0.484 e. The highest BCUT2D eigenvalue weighted by Gasteiger charge is 2.27. The van der Waals surface area contributed by atoms with Crippen LogP contribution < -0.4 is 15.2 Å². The molecule has 0 radical (unpaired) electrons. The van der Waals surface area contributed by atoms with Crippen LogP contribution in [0.1, 0.15) is 15.9 Å². The van der Waals surface area contributed by atoms with Gasteiger partial charge in [-0.05, 0) is 23.8 Å². The standard InChI is InChI=1S/C17H12N2O6/c18-16(20)9-24-12-4-5-13-14(8-12)25-15(17(13)21)7-10-2-1-3-11(6-10)19(22)23/h1-8H,9H2,(H2,18,20)/b15-7-. The zero-order valence-corrected chi connectivity index (χ0v) is 12.8. The second-order valence-corrected chi connectivity index (χ2v) is 5.20. The summed E-state index contributed by atoms with van der Waals surface area (Å²) in [4.78, 5) is 33.4. The molecule has 1 aliphatic rings. The number of nitro benzene ring substituents is 1. The van der Waals surface area contributed by atoms with E-state index in [2.05, 4.69) is 0 Å². The van der Waals surface area contributed by atoms with Gasteiger partial charge in [0.1, 0.15) is 11.5 Å². The third-order valence-electron chi connectivity index (χ3n) is 3.40. The molecule has 0 spiro atoms. The van der Waals surface area contributed by atoms with Gasteiger partial charge in [0, 0.05) is 18.2 Å². The van der Waals surface area contributed by atoms with Gasteiger partial charge in [-0.2, -0.15) is 0 Å². The molecule has 2 N–H and O–H groups in total. The van der Waals surface area contributed by atoms with Crippen molar-refractivity contribution in [1.82, 2.24) is 0 Å². The van der Waals surface area contributed by atoms with E-state index < -0.39 is 10.8 Å². The van der Waals surface area contributed by atoms with E-state index in [1.165, 1.54) is 42.5 Å². The Hall–Kier alpha value is -3.68. The lowest BCUT2D eigenvalue weighted by molar-refractivity contribution is -0.384. The Balaban J connectivity index is 1.85. The molecule has 1 aliphatic heterocycles. The molecule has 1 heterocycles. The molecule has 25 heavy (non-hydrogen) atoms. The molecular weight excluding hydrogens is 328 g/mol. The zero-order chi connectivity index (χ0) is 18.0. The Morgan fingerprint density at radius 2 is 2.08 bits per heavy atom. The molecule has 1 amide bonds. The monoisotopic (exact) mass is 340 g/mol. The molecule has 0 atom stereocenters. The molecule has 0 fully saturated rings. The third-order valence-corrected chi connectivity index (χ3v) is 3.40. The number of carbonyl (C=O) groups is 2. The highest BCUT2D eigenvalue weighted by atomic mass is 16.6. The predicted octanol–water partition coefficient (Wildman–Crippen LogP) is 2.08. The number of non-ortho nitro benzene ring substituents is 1. The van der Waals surface area contributed by atoms with Crippen molar-refractivity contribution in [2.24, 2.45) is 5.73 Å². The number of allylic oxidation sites excluding steroid dienone is 1. The number of hydrogen-bond acceptors (Lipinski definition) is 6. The third kappa shape index (κ3) is 3.47. The summed E-state index contributed by atoms with van der Waals surface area (Å²) in [5, 5.41) is 10.8. The molecule has 0 bridgehead atoms. The smallest absolute Gasteiger partial charge is 0.270 e. The molecule has 3 rings (SSSR count). The Labute approximate surface area is 141 Å². The first-order chi connectivity index (χ1) is 11.9. The van der Waals surface area contributed by atoms with Crippen molar-refractivity contribution >= 4 is 23.5 Å². The van der Waals surface area contributed by atoms with Crippen molar-refractivity contribution in [3.8, 4) is 11.5 Å². The number of ether oxygens (including phenoxy) is 2. The normalized spacial score (nSPS) is 14.1. The number of rotatable bonds is 5. The van der Waals surface area contributed by atoms with Gasteiger partial charge in [-0.1, -0.05) is 12.1 Å². The minimum absolute atomic E-state index is 0.0440. The molecular formula is C17H12N2O6. The van der Waals surface area contributed by atoms with E-state index in [1.807, 2.05) is 0 Å². The number of nitrogens with zero attached hydrogens (tertiary/aromatic N) is 1. The summed E-state index contributed by atoms with van der Waals surface area (Å²) in [6.07, 6.45) is 1.43. The Bertz CT molecular complexity index is 919. The highest BCUT2D eigenvalue weighted by molar-refractivity contribution is 6.14. The highest BCUT2D eigenvalue weighted by Crippen LogP contribution is 2.35. The average molecular weight is 340 g/mol. The number of carbonyl (C=O) groups excluding carboxylic acids is 2. The Morgan fingerprint density at radius 3 is 2.80 bits per heavy atom. The van der Waals surface area contributed by atoms with Crippen molar-refractivity contribution in [3.63, 3.8) is 0 Å². The van der Waals surface area contributed by atoms with E-state index in [1.54, 1.807) is 6.07 Å². The summed E-state index contributed by atoms with van der Waals surface area (Å²) in [5.74, 6) is -0.306. The summed E-state index contributed by atoms with van der Waals surface area (Å²) in [6, 6.07) is 10.4. The number of nitro groups is 1. The average Bonchev–Trinajstić information content (AvgIpc) is 2.88. The molecule has 2 aromatic rings. The fourth-order valence-electron chi connectivity index (χ4n) is 2.29. The number of Topliss-reactive ketones (excluding diaryl/α,β-unsaturated/α-hetero) is 1. The number of primary amides is 1. The first-order valence-corrected chi connectivity index (χ1v) is 7.18. The van der Waals surface area contributed by atoms with Gasteiger partial charge in [0.2, 0.25) is 5.78 Å². The van der Waals surface area contributed by atoms with Gasteiger partial charge in [0.15, 0.2) is 12.4 Å². The SMILES string of the molecule is NC(=O)COc1ccc2c(c1)O/C(=C\c1cccc([N+](=O)[O-])c1)C2=O. The van der Waals surface area contributed by atoms with Gasteiger partial charge < -0.3 is 15.2 Å². The van der Waals surface area contributed by atoms with Crippen molar-refractivity contribution in [2.75, 3.05) is 6.61 Å². The second kappa shape index (κ2) is 6.44. The predicted molar refractivity (Wildman–Crippen MR) is 87.2 cm³/mol. The first kappa shape index (κ1) is 16.2. The van der Waals surface area contributed by atoms with Crippen LogP contribution in [0.4, 0.5) is 5.69 Å². The molecule has 126 valence electrons. The van der Waals surface area contributed by atoms with Crippen molar-refractivity contribution in [2.45, 2.75) is 0 Å². The maximum Gasteiger partial charge on any atom is 0.270 e. The van der Waals surface area contributed by atoms with E-state index in [4.69, 9.17) is 15.2 Å².